The van der Waals surface area contributed by atoms with Gasteiger partial charge >= 0.3 is 16.4 Å². The monoisotopic (exact) mass is 384 g/mol. The predicted molar refractivity (Wildman–Crippen MR) is 85.2 cm³/mol. The van der Waals surface area contributed by atoms with Crippen molar-refractivity contribution in [2.24, 2.45) is 0 Å². The highest BCUT2D eigenvalue weighted by Crippen LogP contribution is 2.50. The van der Waals surface area contributed by atoms with E-state index in [1.807, 2.05) is 0 Å². The van der Waals surface area contributed by atoms with Gasteiger partial charge in [0.2, 0.25) is 0 Å². The summed E-state index contributed by atoms with van der Waals surface area (Å²) in [5.74, 6) is -4.40. The lowest BCUT2D eigenvalue weighted by molar-refractivity contribution is -0.569. The van der Waals surface area contributed by atoms with Crippen molar-refractivity contribution < 1.29 is 41.2 Å². The zero-order chi connectivity index (χ0) is 18.4. The molecule has 0 amide bonds. The third-order valence-corrected chi connectivity index (χ3v) is 5.02. The van der Waals surface area contributed by atoms with Crippen molar-refractivity contribution in [3.8, 4) is 0 Å². The van der Waals surface area contributed by atoms with Gasteiger partial charge in [-0.2, -0.15) is 12.6 Å². The molecule has 10 heteroatoms. The lowest BCUT2D eigenvalue weighted by atomic mass is 10.0. The van der Waals surface area contributed by atoms with Crippen LogP contribution in [0.2, 0.25) is 0 Å². The van der Waals surface area contributed by atoms with Crippen LogP contribution in [0.15, 0.2) is 0 Å². The first-order valence-corrected chi connectivity index (χ1v) is 10.1. The number of hydrogen-bond acceptors (Lipinski definition) is 9. The largest absolute Gasteiger partial charge is 0.407 e. The molecule has 1 unspecified atom stereocenters. The number of ether oxygens (including phenoxy) is 3. The summed E-state index contributed by atoms with van der Waals surface area (Å²) in [6.45, 7) is 2.05. The van der Waals surface area contributed by atoms with Crippen molar-refractivity contribution >= 4 is 10.4 Å². The number of rotatable bonds is 12. The van der Waals surface area contributed by atoms with Crippen molar-refractivity contribution in [3.63, 3.8) is 0 Å². The fourth-order valence-electron chi connectivity index (χ4n) is 2.84. The minimum absolute atomic E-state index is 0.00419. The summed E-state index contributed by atoms with van der Waals surface area (Å²) in [5, 5.41) is 19.2. The highest BCUT2D eigenvalue weighted by atomic mass is 32.3. The lowest BCUT2D eigenvalue weighted by Gasteiger charge is -2.46. The first kappa shape index (κ1) is 21.0. The van der Waals surface area contributed by atoms with Gasteiger partial charge < -0.3 is 14.9 Å². The van der Waals surface area contributed by atoms with Gasteiger partial charge in [-0.1, -0.05) is 45.4 Å². The molecule has 0 radical (unpaired) electrons. The average Bonchev–Trinajstić information content (AvgIpc) is 2.72. The fraction of sp³-hybridized carbons (Fsp3) is 1.00. The SMILES string of the molecule is CCCCCCCCCC1(O)OS(=O)(=O)OC12OC(COCCO)O2. The van der Waals surface area contributed by atoms with Crippen LogP contribution in [0, 0.1) is 0 Å². The molecular weight excluding hydrogens is 356 g/mol. The van der Waals surface area contributed by atoms with Crippen LogP contribution in [-0.2, 0) is 33.0 Å². The van der Waals surface area contributed by atoms with E-state index in [0.29, 0.717) is 6.42 Å². The Morgan fingerprint density at radius 2 is 1.68 bits per heavy atom. The lowest BCUT2D eigenvalue weighted by Crippen LogP contribution is -2.67. The summed E-state index contributed by atoms with van der Waals surface area (Å²) in [5.41, 5.74) is 0. The van der Waals surface area contributed by atoms with Crippen LogP contribution in [0.5, 0.6) is 0 Å². The van der Waals surface area contributed by atoms with Crippen LogP contribution in [0.1, 0.15) is 58.3 Å². The molecule has 2 fully saturated rings. The van der Waals surface area contributed by atoms with Crippen molar-refractivity contribution in [1.29, 1.82) is 0 Å². The van der Waals surface area contributed by atoms with E-state index in [9.17, 15) is 13.5 Å². The van der Waals surface area contributed by atoms with E-state index in [0.717, 1.165) is 19.3 Å². The maximum Gasteiger partial charge on any atom is 0.407 e. The summed E-state index contributed by atoms with van der Waals surface area (Å²) in [4.78, 5) is 0. The maximum absolute atomic E-state index is 11.6. The first-order chi connectivity index (χ1) is 11.9. The molecule has 2 aliphatic heterocycles. The molecule has 0 saturated carbocycles. The van der Waals surface area contributed by atoms with Crippen molar-refractivity contribution in [2.75, 3.05) is 19.8 Å². The summed E-state index contributed by atoms with van der Waals surface area (Å²) >= 11 is 0. The Morgan fingerprint density at radius 3 is 2.32 bits per heavy atom. The quantitative estimate of drug-likeness (QED) is 0.477. The molecule has 1 spiro atoms. The Bertz CT molecular complexity index is 503. The van der Waals surface area contributed by atoms with Crippen LogP contribution >= 0.6 is 0 Å². The molecule has 2 saturated heterocycles. The zero-order valence-corrected chi connectivity index (χ0v) is 15.3. The molecule has 0 aromatic rings. The molecule has 2 heterocycles. The second-order valence-corrected chi connectivity index (χ2v) is 7.40. The topological polar surface area (TPSA) is 121 Å². The molecule has 0 aromatic heterocycles. The second kappa shape index (κ2) is 9.05. The van der Waals surface area contributed by atoms with Crippen LogP contribution in [0.3, 0.4) is 0 Å². The molecule has 0 bridgehead atoms. The second-order valence-electron chi connectivity index (χ2n) is 6.25. The number of unbranched alkanes of at least 4 members (excludes halogenated alkanes) is 6. The Kier molecular flexibility index (Phi) is 7.59. The number of aliphatic hydroxyl groups excluding tert-OH is 1. The highest BCUT2D eigenvalue weighted by Gasteiger charge is 2.73. The summed E-state index contributed by atoms with van der Waals surface area (Å²) < 4.78 is 48.2. The third-order valence-electron chi connectivity index (χ3n) is 4.11. The number of hydrogen-bond donors (Lipinski definition) is 2. The zero-order valence-electron chi connectivity index (χ0n) is 14.5. The Labute approximate surface area is 148 Å². The molecular formula is C15H28O9S. The van der Waals surface area contributed by atoms with Gasteiger partial charge in [-0.05, 0) is 6.42 Å². The van der Waals surface area contributed by atoms with Crippen LogP contribution in [-0.4, -0.2) is 56.5 Å². The first-order valence-electron chi connectivity index (χ1n) is 8.79. The van der Waals surface area contributed by atoms with Gasteiger partial charge in [0.05, 0.1) is 19.8 Å². The normalized spacial score (nSPS) is 33.6. The van der Waals surface area contributed by atoms with E-state index in [2.05, 4.69) is 15.3 Å². The molecule has 9 nitrogen and oxygen atoms in total. The van der Waals surface area contributed by atoms with Gasteiger partial charge in [-0.15, -0.1) is 0 Å². The third kappa shape index (κ3) is 5.33. The Morgan fingerprint density at radius 1 is 1.04 bits per heavy atom. The van der Waals surface area contributed by atoms with E-state index < -0.39 is 28.4 Å². The van der Waals surface area contributed by atoms with Gasteiger partial charge in [0.15, 0.2) is 6.29 Å². The van der Waals surface area contributed by atoms with Gasteiger partial charge in [-0.25, -0.2) is 4.18 Å². The summed E-state index contributed by atoms with van der Waals surface area (Å²) in [6, 6.07) is 0. The average molecular weight is 384 g/mol. The minimum atomic E-state index is -4.41. The van der Waals surface area contributed by atoms with E-state index in [4.69, 9.17) is 19.3 Å². The number of aliphatic hydroxyl groups is 2. The predicted octanol–water partition coefficient (Wildman–Crippen LogP) is 1.14. The molecule has 2 N–H and O–H groups in total. The van der Waals surface area contributed by atoms with Crippen molar-refractivity contribution in [3.05, 3.63) is 0 Å². The van der Waals surface area contributed by atoms with Gasteiger partial charge in [0.25, 0.3) is 5.79 Å². The smallest absolute Gasteiger partial charge is 0.394 e. The molecule has 0 aliphatic carbocycles. The molecule has 2 rings (SSSR count). The van der Waals surface area contributed by atoms with Crippen LogP contribution < -0.4 is 0 Å². The van der Waals surface area contributed by atoms with E-state index >= 15 is 0 Å². The molecule has 1 atom stereocenters. The maximum atomic E-state index is 11.6. The molecule has 2 aliphatic rings. The van der Waals surface area contributed by atoms with Crippen LogP contribution in [0.25, 0.3) is 0 Å². The van der Waals surface area contributed by atoms with Crippen molar-refractivity contribution in [1.82, 2.24) is 0 Å². The van der Waals surface area contributed by atoms with Gasteiger partial charge in [-0.3, -0.25) is 9.47 Å². The minimum Gasteiger partial charge on any atom is -0.394 e. The molecule has 148 valence electrons. The van der Waals surface area contributed by atoms with Gasteiger partial charge in [0, 0.05) is 6.42 Å². The fourth-order valence-corrected chi connectivity index (χ4v) is 3.88. The van der Waals surface area contributed by atoms with Gasteiger partial charge in [0.1, 0.15) is 0 Å². The Hall–Kier alpha value is -0.330. The molecule has 0 aromatic carbocycles. The van der Waals surface area contributed by atoms with Crippen molar-refractivity contribution in [2.45, 2.75) is 76.3 Å². The van der Waals surface area contributed by atoms with E-state index in [1.54, 1.807) is 0 Å². The standard InChI is InChI=1S/C15H28O9S/c1-2-3-4-5-6-7-8-9-14(17)15(24-25(18,19)23-14)21-13(22-15)12-20-11-10-16/h13,16-17H,2-12H2,1H3. The highest BCUT2D eigenvalue weighted by molar-refractivity contribution is 7.82. The molecule has 25 heavy (non-hydrogen) atoms. The summed E-state index contributed by atoms with van der Waals surface area (Å²) in [6.07, 6.45) is 6.11. The summed E-state index contributed by atoms with van der Waals surface area (Å²) in [7, 11) is -4.41. The van der Waals surface area contributed by atoms with E-state index in [-0.39, 0.29) is 26.2 Å². The van der Waals surface area contributed by atoms with E-state index in [1.165, 1.54) is 19.3 Å². The van der Waals surface area contributed by atoms with Crippen LogP contribution in [0.4, 0.5) is 0 Å². The Balaban J connectivity index is 1.80.